The minimum Gasteiger partial charge on any atom is -0.381 e. The molecule has 94 valence electrons. The van der Waals surface area contributed by atoms with Crippen LogP contribution >= 0.6 is 11.6 Å². The molecule has 1 aromatic carbocycles. The molecule has 0 bridgehead atoms. The van der Waals surface area contributed by atoms with E-state index in [1.807, 2.05) is 0 Å². The van der Waals surface area contributed by atoms with Gasteiger partial charge in [0.1, 0.15) is 5.82 Å². The topological polar surface area (TPSA) is 35.2 Å². The summed E-state index contributed by atoms with van der Waals surface area (Å²) in [6, 6.07) is 4.50. The van der Waals surface area contributed by atoms with E-state index in [1.54, 1.807) is 6.07 Å². The molecule has 1 aliphatic heterocycles. The Morgan fingerprint density at radius 3 is 2.71 bits per heavy atom. The molecule has 1 heterocycles. The zero-order valence-electron chi connectivity index (χ0n) is 9.72. The summed E-state index contributed by atoms with van der Waals surface area (Å²) in [5.74, 6) is -0.247. The SMILES string of the molecule is NCC1(Cc2cc(F)ccc2Cl)CCOCC1. The highest BCUT2D eigenvalue weighted by atomic mass is 35.5. The fraction of sp³-hybridized carbons (Fsp3) is 0.538. The van der Waals surface area contributed by atoms with Crippen molar-refractivity contribution >= 4 is 11.6 Å². The van der Waals surface area contributed by atoms with Gasteiger partial charge in [0.15, 0.2) is 0 Å². The van der Waals surface area contributed by atoms with Gasteiger partial charge >= 0.3 is 0 Å². The van der Waals surface area contributed by atoms with Crippen LogP contribution in [0, 0.1) is 11.2 Å². The van der Waals surface area contributed by atoms with Gasteiger partial charge in [-0.05, 0) is 55.0 Å². The molecule has 1 aromatic rings. The maximum absolute atomic E-state index is 13.2. The van der Waals surface area contributed by atoms with Crippen LogP contribution in [-0.4, -0.2) is 19.8 Å². The second-order valence-corrected chi connectivity index (χ2v) is 5.14. The minimum absolute atomic E-state index is 0.00961. The lowest BCUT2D eigenvalue weighted by Crippen LogP contribution is -2.38. The van der Waals surface area contributed by atoms with Gasteiger partial charge < -0.3 is 10.5 Å². The number of benzene rings is 1. The monoisotopic (exact) mass is 257 g/mol. The quantitative estimate of drug-likeness (QED) is 0.904. The van der Waals surface area contributed by atoms with Gasteiger partial charge in [-0.2, -0.15) is 0 Å². The Bertz CT molecular complexity index is 391. The van der Waals surface area contributed by atoms with Crippen molar-refractivity contribution in [3.05, 3.63) is 34.6 Å². The van der Waals surface area contributed by atoms with Gasteiger partial charge in [0.05, 0.1) is 0 Å². The van der Waals surface area contributed by atoms with Crippen LogP contribution in [-0.2, 0) is 11.2 Å². The van der Waals surface area contributed by atoms with Crippen LogP contribution in [0.5, 0.6) is 0 Å². The normalized spacial score (nSPS) is 19.2. The van der Waals surface area contributed by atoms with E-state index in [0.29, 0.717) is 11.6 Å². The molecule has 0 aromatic heterocycles. The third-order valence-corrected chi connectivity index (χ3v) is 3.93. The molecule has 0 amide bonds. The largest absolute Gasteiger partial charge is 0.381 e. The lowest BCUT2D eigenvalue weighted by Gasteiger charge is -2.36. The highest BCUT2D eigenvalue weighted by Crippen LogP contribution is 2.35. The van der Waals surface area contributed by atoms with Gasteiger partial charge in [0, 0.05) is 18.2 Å². The molecule has 0 aliphatic carbocycles. The van der Waals surface area contributed by atoms with E-state index in [1.165, 1.54) is 12.1 Å². The van der Waals surface area contributed by atoms with Crippen LogP contribution in [0.3, 0.4) is 0 Å². The number of nitrogens with two attached hydrogens (primary N) is 1. The molecular formula is C13H17ClFNO. The van der Waals surface area contributed by atoms with E-state index < -0.39 is 0 Å². The lowest BCUT2D eigenvalue weighted by molar-refractivity contribution is 0.0191. The molecule has 2 nitrogen and oxygen atoms in total. The van der Waals surface area contributed by atoms with Gasteiger partial charge in [-0.15, -0.1) is 0 Å². The summed E-state index contributed by atoms with van der Waals surface area (Å²) in [6.07, 6.45) is 2.55. The minimum atomic E-state index is -0.247. The van der Waals surface area contributed by atoms with Crippen molar-refractivity contribution in [3.63, 3.8) is 0 Å². The molecule has 17 heavy (non-hydrogen) atoms. The van der Waals surface area contributed by atoms with Gasteiger partial charge in [0.25, 0.3) is 0 Å². The fourth-order valence-electron chi connectivity index (χ4n) is 2.34. The molecule has 4 heteroatoms. The van der Waals surface area contributed by atoms with Crippen molar-refractivity contribution in [2.45, 2.75) is 19.3 Å². The predicted molar refractivity (Wildman–Crippen MR) is 66.7 cm³/mol. The second kappa shape index (κ2) is 5.34. The molecule has 2 N–H and O–H groups in total. The summed E-state index contributed by atoms with van der Waals surface area (Å²) >= 11 is 6.10. The molecule has 0 spiro atoms. The van der Waals surface area contributed by atoms with Crippen molar-refractivity contribution in [3.8, 4) is 0 Å². The Balaban J connectivity index is 2.20. The third-order valence-electron chi connectivity index (χ3n) is 3.56. The van der Waals surface area contributed by atoms with E-state index in [0.717, 1.165) is 38.0 Å². The van der Waals surface area contributed by atoms with Crippen molar-refractivity contribution in [1.29, 1.82) is 0 Å². The summed E-state index contributed by atoms with van der Waals surface area (Å²) in [5, 5.41) is 0.616. The Morgan fingerprint density at radius 2 is 2.06 bits per heavy atom. The fourth-order valence-corrected chi connectivity index (χ4v) is 2.52. The van der Waals surface area contributed by atoms with Crippen LogP contribution in [0.1, 0.15) is 18.4 Å². The Morgan fingerprint density at radius 1 is 1.35 bits per heavy atom. The average Bonchev–Trinajstić information content (AvgIpc) is 2.35. The molecule has 0 saturated carbocycles. The lowest BCUT2D eigenvalue weighted by atomic mass is 9.75. The first-order valence-corrected chi connectivity index (χ1v) is 6.25. The van der Waals surface area contributed by atoms with Gasteiger partial charge in [-0.1, -0.05) is 11.6 Å². The third kappa shape index (κ3) is 2.97. The van der Waals surface area contributed by atoms with Gasteiger partial charge in [0.2, 0.25) is 0 Å². The van der Waals surface area contributed by atoms with Crippen LogP contribution in [0.4, 0.5) is 4.39 Å². The Labute approximate surface area is 106 Å². The van der Waals surface area contributed by atoms with Crippen molar-refractivity contribution < 1.29 is 9.13 Å². The first kappa shape index (κ1) is 12.8. The maximum Gasteiger partial charge on any atom is 0.123 e. The first-order chi connectivity index (χ1) is 8.15. The van der Waals surface area contributed by atoms with E-state index in [4.69, 9.17) is 22.1 Å². The number of rotatable bonds is 3. The molecule has 1 saturated heterocycles. The Kier molecular flexibility index (Phi) is 4.02. The van der Waals surface area contributed by atoms with Gasteiger partial charge in [-0.25, -0.2) is 4.39 Å². The molecule has 2 rings (SSSR count). The Hall–Kier alpha value is -0.640. The standard InChI is InChI=1S/C13H17ClFNO/c14-12-2-1-11(15)7-10(12)8-13(9-16)3-5-17-6-4-13/h1-2,7H,3-6,8-9,16H2. The van der Waals surface area contributed by atoms with Crippen LogP contribution < -0.4 is 5.73 Å². The number of ether oxygens (including phenoxy) is 1. The van der Waals surface area contributed by atoms with Crippen molar-refractivity contribution in [2.24, 2.45) is 11.1 Å². The number of hydrogen-bond donors (Lipinski definition) is 1. The van der Waals surface area contributed by atoms with Crippen LogP contribution in [0.2, 0.25) is 5.02 Å². The van der Waals surface area contributed by atoms with Crippen LogP contribution in [0.25, 0.3) is 0 Å². The smallest absolute Gasteiger partial charge is 0.123 e. The number of hydrogen-bond acceptors (Lipinski definition) is 2. The van der Waals surface area contributed by atoms with E-state index in [-0.39, 0.29) is 11.2 Å². The highest BCUT2D eigenvalue weighted by Gasteiger charge is 2.32. The van der Waals surface area contributed by atoms with E-state index in [2.05, 4.69) is 0 Å². The molecule has 1 aliphatic rings. The van der Waals surface area contributed by atoms with Crippen molar-refractivity contribution in [1.82, 2.24) is 0 Å². The van der Waals surface area contributed by atoms with E-state index >= 15 is 0 Å². The summed E-state index contributed by atoms with van der Waals surface area (Å²) in [5.41, 5.74) is 6.74. The summed E-state index contributed by atoms with van der Waals surface area (Å²) in [6.45, 7) is 2.04. The van der Waals surface area contributed by atoms with Gasteiger partial charge in [-0.3, -0.25) is 0 Å². The molecule has 0 unspecified atom stereocenters. The van der Waals surface area contributed by atoms with Crippen LogP contribution in [0.15, 0.2) is 18.2 Å². The van der Waals surface area contributed by atoms with Crippen molar-refractivity contribution in [2.75, 3.05) is 19.8 Å². The predicted octanol–water partition coefficient (Wildman–Crippen LogP) is 2.78. The number of halogens is 2. The zero-order valence-corrected chi connectivity index (χ0v) is 10.5. The zero-order chi connectivity index (χ0) is 12.3. The molecular weight excluding hydrogens is 241 g/mol. The first-order valence-electron chi connectivity index (χ1n) is 5.87. The average molecular weight is 258 g/mol. The second-order valence-electron chi connectivity index (χ2n) is 4.73. The molecule has 0 radical (unpaired) electrons. The summed E-state index contributed by atoms with van der Waals surface area (Å²) in [7, 11) is 0. The van der Waals surface area contributed by atoms with E-state index in [9.17, 15) is 4.39 Å². The summed E-state index contributed by atoms with van der Waals surface area (Å²) < 4.78 is 18.6. The molecule has 0 atom stereocenters. The maximum atomic E-state index is 13.2. The molecule has 1 fully saturated rings. The highest BCUT2D eigenvalue weighted by molar-refractivity contribution is 6.31. The summed E-state index contributed by atoms with van der Waals surface area (Å²) in [4.78, 5) is 0.